The maximum Gasteiger partial charge on any atom is 0.318 e. The van der Waals surface area contributed by atoms with Crippen molar-refractivity contribution in [3.63, 3.8) is 0 Å². The molecular formula is C15H21NO3. The molecule has 1 aromatic rings. The van der Waals surface area contributed by atoms with Crippen molar-refractivity contribution in [3.05, 3.63) is 35.4 Å². The molecule has 1 atom stereocenters. The van der Waals surface area contributed by atoms with E-state index in [1.54, 1.807) is 0 Å². The molecule has 0 aliphatic heterocycles. The lowest BCUT2D eigenvalue weighted by molar-refractivity contribution is -0.151. The molecule has 1 N–H and O–H groups in total. The fourth-order valence-electron chi connectivity index (χ4n) is 1.81. The van der Waals surface area contributed by atoms with Crippen LogP contribution in [0.15, 0.2) is 24.3 Å². The summed E-state index contributed by atoms with van der Waals surface area (Å²) in [6.07, 6.45) is 0. The molecular weight excluding hydrogens is 242 g/mol. The lowest BCUT2D eigenvalue weighted by Crippen LogP contribution is -2.38. The third-order valence-electron chi connectivity index (χ3n) is 2.99. The van der Waals surface area contributed by atoms with Crippen LogP contribution in [0.25, 0.3) is 0 Å². The number of carbonyl (C=O) groups excluding carboxylic acids is 2. The SMILES string of the molecule is COC(=O)C(C(=O)NCc1ccc(C)cc1)C(C)C. The highest BCUT2D eigenvalue weighted by atomic mass is 16.5. The van der Waals surface area contributed by atoms with E-state index in [0.717, 1.165) is 5.56 Å². The monoisotopic (exact) mass is 263 g/mol. The van der Waals surface area contributed by atoms with E-state index in [1.165, 1.54) is 12.7 Å². The van der Waals surface area contributed by atoms with E-state index in [4.69, 9.17) is 0 Å². The van der Waals surface area contributed by atoms with Gasteiger partial charge in [-0.25, -0.2) is 0 Å². The second-order valence-corrected chi connectivity index (χ2v) is 4.95. The number of amides is 1. The molecule has 0 aromatic heterocycles. The Kier molecular flexibility index (Phi) is 5.55. The molecule has 19 heavy (non-hydrogen) atoms. The zero-order valence-electron chi connectivity index (χ0n) is 11.9. The molecule has 0 aliphatic carbocycles. The summed E-state index contributed by atoms with van der Waals surface area (Å²) in [5.41, 5.74) is 2.18. The van der Waals surface area contributed by atoms with E-state index in [2.05, 4.69) is 10.1 Å². The van der Waals surface area contributed by atoms with Gasteiger partial charge in [0.15, 0.2) is 0 Å². The minimum Gasteiger partial charge on any atom is -0.468 e. The van der Waals surface area contributed by atoms with Gasteiger partial charge in [-0.3, -0.25) is 9.59 Å². The van der Waals surface area contributed by atoms with Gasteiger partial charge in [-0.15, -0.1) is 0 Å². The number of benzene rings is 1. The van der Waals surface area contributed by atoms with Crippen LogP contribution in [0.2, 0.25) is 0 Å². The van der Waals surface area contributed by atoms with Gasteiger partial charge in [0.25, 0.3) is 0 Å². The van der Waals surface area contributed by atoms with Gasteiger partial charge >= 0.3 is 5.97 Å². The number of esters is 1. The lowest BCUT2D eigenvalue weighted by Gasteiger charge is -2.17. The fraction of sp³-hybridized carbons (Fsp3) is 0.467. The molecule has 104 valence electrons. The molecule has 0 saturated carbocycles. The highest BCUT2D eigenvalue weighted by Crippen LogP contribution is 2.13. The van der Waals surface area contributed by atoms with Gasteiger partial charge in [0, 0.05) is 6.54 Å². The summed E-state index contributed by atoms with van der Waals surface area (Å²) in [6.45, 7) is 6.08. The standard InChI is InChI=1S/C15H21NO3/c1-10(2)13(15(18)19-4)14(17)16-9-12-7-5-11(3)6-8-12/h5-8,10,13H,9H2,1-4H3,(H,16,17). The molecule has 0 radical (unpaired) electrons. The summed E-state index contributed by atoms with van der Waals surface area (Å²) in [4.78, 5) is 23.6. The first-order valence-electron chi connectivity index (χ1n) is 6.36. The van der Waals surface area contributed by atoms with Gasteiger partial charge in [0.2, 0.25) is 5.91 Å². The number of aryl methyl sites for hydroxylation is 1. The molecule has 4 nitrogen and oxygen atoms in total. The topological polar surface area (TPSA) is 55.4 Å². The number of hydrogen-bond acceptors (Lipinski definition) is 3. The Morgan fingerprint density at radius 2 is 1.79 bits per heavy atom. The molecule has 0 heterocycles. The van der Waals surface area contributed by atoms with Gasteiger partial charge < -0.3 is 10.1 Å². The molecule has 1 aromatic carbocycles. The van der Waals surface area contributed by atoms with Crippen LogP contribution < -0.4 is 5.32 Å². The van der Waals surface area contributed by atoms with Crippen LogP contribution in [0.4, 0.5) is 0 Å². The second-order valence-electron chi connectivity index (χ2n) is 4.95. The van der Waals surface area contributed by atoms with Gasteiger partial charge in [-0.05, 0) is 18.4 Å². The maximum absolute atomic E-state index is 12.0. The zero-order valence-corrected chi connectivity index (χ0v) is 11.9. The number of rotatable bonds is 5. The Bertz CT molecular complexity index is 437. The van der Waals surface area contributed by atoms with E-state index in [-0.39, 0.29) is 11.8 Å². The Hall–Kier alpha value is -1.84. The molecule has 0 aliphatic rings. The van der Waals surface area contributed by atoms with Crippen molar-refractivity contribution < 1.29 is 14.3 Å². The van der Waals surface area contributed by atoms with Crippen molar-refractivity contribution in [2.45, 2.75) is 27.3 Å². The summed E-state index contributed by atoms with van der Waals surface area (Å²) >= 11 is 0. The van der Waals surface area contributed by atoms with Crippen LogP contribution in [-0.2, 0) is 20.9 Å². The highest BCUT2D eigenvalue weighted by Gasteiger charge is 2.30. The Morgan fingerprint density at radius 3 is 2.26 bits per heavy atom. The normalized spacial score (nSPS) is 12.1. The predicted octanol–water partition coefficient (Wildman–Crippen LogP) is 2.06. The van der Waals surface area contributed by atoms with Crippen LogP contribution in [0.5, 0.6) is 0 Å². The van der Waals surface area contributed by atoms with Crippen LogP contribution >= 0.6 is 0 Å². The third kappa shape index (κ3) is 4.39. The Balaban J connectivity index is 2.62. The summed E-state index contributed by atoms with van der Waals surface area (Å²) in [5, 5.41) is 2.78. The minimum atomic E-state index is -0.754. The fourth-order valence-corrected chi connectivity index (χ4v) is 1.81. The van der Waals surface area contributed by atoms with Crippen molar-refractivity contribution in [1.29, 1.82) is 0 Å². The van der Waals surface area contributed by atoms with Gasteiger partial charge in [0.1, 0.15) is 5.92 Å². The smallest absolute Gasteiger partial charge is 0.318 e. The number of hydrogen-bond donors (Lipinski definition) is 1. The summed E-state index contributed by atoms with van der Waals surface area (Å²) < 4.78 is 4.66. The van der Waals surface area contributed by atoms with Gasteiger partial charge in [0.05, 0.1) is 7.11 Å². The van der Waals surface area contributed by atoms with Crippen molar-refractivity contribution in [2.75, 3.05) is 7.11 Å². The van der Waals surface area contributed by atoms with E-state index < -0.39 is 11.9 Å². The molecule has 1 unspecified atom stereocenters. The molecule has 0 saturated heterocycles. The maximum atomic E-state index is 12.0. The summed E-state index contributed by atoms with van der Waals surface area (Å²) in [6, 6.07) is 7.89. The Morgan fingerprint density at radius 1 is 1.21 bits per heavy atom. The first-order chi connectivity index (χ1) is 8.95. The quantitative estimate of drug-likeness (QED) is 0.653. The van der Waals surface area contributed by atoms with Crippen LogP contribution in [0.1, 0.15) is 25.0 Å². The van der Waals surface area contributed by atoms with Crippen LogP contribution in [0, 0.1) is 18.8 Å². The third-order valence-corrected chi connectivity index (χ3v) is 2.99. The van der Waals surface area contributed by atoms with Gasteiger partial charge in [-0.2, -0.15) is 0 Å². The molecule has 1 rings (SSSR count). The van der Waals surface area contributed by atoms with Crippen LogP contribution in [0.3, 0.4) is 0 Å². The van der Waals surface area contributed by atoms with E-state index in [1.807, 2.05) is 45.0 Å². The zero-order chi connectivity index (χ0) is 14.4. The molecule has 4 heteroatoms. The first-order valence-corrected chi connectivity index (χ1v) is 6.36. The second kappa shape index (κ2) is 6.92. The lowest BCUT2D eigenvalue weighted by atomic mass is 9.95. The van der Waals surface area contributed by atoms with Gasteiger partial charge in [-0.1, -0.05) is 43.7 Å². The predicted molar refractivity (Wildman–Crippen MR) is 73.4 cm³/mol. The summed E-state index contributed by atoms with van der Waals surface area (Å²) in [7, 11) is 1.30. The number of carbonyl (C=O) groups is 2. The first kappa shape index (κ1) is 15.2. The summed E-state index contributed by atoms with van der Waals surface area (Å²) in [5.74, 6) is -1.63. The largest absolute Gasteiger partial charge is 0.468 e. The van der Waals surface area contributed by atoms with E-state index in [0.29, 0.717) is 6.54 Å². The van der Waals surface area contributed by atoms with Crippen molar-refractivity contribution >= 4 is 11.9 Å². The number of methoxy groups -OCH3 is 1. The van der Waals surface area contributed by atoms with Crippen LogP contribution in [-0.4, -0.2) is 19.0 Å². The highest BCUT2D eigenvalue weighted by molar-refractivity contribution is 5.97. The Labute approximate surface area is 114 Å². The number of ether oxygens (including phenoxy) is 1. The average Bonchev–Trinajstić information content (AvgIpc) is 2.37. The molecule has 1 amide bonds. The molecule has 0 spiro atoms. The average molecular weight is 263 g/mol. The number of nitrogens with one attached hydrogen (secondary N) is 1. The molecule has 0 fully saturated rings. The van der Waals surface area contributed by atoms with E-state index >= 15 is 0 Å². The van der Waals surface area contributed by atoms with Crippen molar-refractivity contribution in [3.8, 4) is 0 Å². The minimum absolute atomic E-state index is 0.0922. The van der Waals surface area contributed by atoms with Crippen molar-refractivity contribution in [2.24, 2.45) is 11.8 Å². The van der Waals surface area contributed by atoms with E-state index in [9.17, 15) is 9.59 Å². The van der Waals surface area contributed by atoms with Crippen molar-refractivity contribution in [1.82, 2.24) is 5.32 Å². The molecule has 0 bridgehead atoms.